The maximum absolute atomic E-state index is 12.5. The lowest BCUT2D eigenvalue weighted by molar-refractivity contribution is 0.125. The second-order valence-corrected chi connectivity index (χ2v) is 6.92. The zero-order chi connectivity index (χ0) is 14.8. The molecular weight excluding hydrogens is 278 g/mol. The van der Waals surface area contributed by atoms with E-state index in [2.05, 4.69) is 0 Å². The monoisotopic (exact) mass is 299 g/mol. The maximum atomic E-state index is 12.5. The molecule has 1 atom stereocenters. The van der Waals surface area contributed by atoms with Gasteiger partial charge in [-0.2, -0.15) is 4.31 Å². The summed E-state index contributed by atoms with van der Waals surface area (Å²) in [4.78, 5) is 2.26. The fourth-order valence-corrected chi connectivity index (χ4v) is 3.79. The van der Waals surface area contributed by atoms with Crippen LogP contribution in [0.1, 0.15) is 6.92 Å². The van der Waals surface area contributed by atoms with Crippen molar-refractivity contribution in [1.29, 1.82) is 0 Å². The smallest absolute Gasteiger partial charge is 0.243 e. The van der Waals surface area contributed by atoms with Crippen LogP contribution in [0.4, 0.5) is 5.69 Å². The van der Waals surface area contributed by atoms with Crippen LogP contribution in [0.25, 0.3) is 0 Å². The number of anilines is 1. The number of nitrogens with zero attached hydrogens (tertiary/aromatic N) is 2. The summed E-state index contributed by atoms with van der Waals surface area (Å²) in [7, 11) is -3.58. The van der Waals surface area contributed by atoms with Crippen molar-refractivity contribution in [1.82, 2.24) is 9.21 Å². The molecule has 1 aliphatic heterocycles. The summed E-state index contributed by atoms with van der Waals surface area (Å²) in [6.07, 6.45) is -0.666. The summed E-state index contributed by atoms with van der Waals surface area (Å²) in [5, 5.41) is 9.95. The van der Waals surface area contributed by atoms with E-state index in [0.717, 1.165) is 6.54 Å². The molecule has 0 saturated carbocycles. The maximum Gasteiger partial charge on any atom is 0.243 e. The van der Waals surface area contributed by atoms with Crippen molar-refractivity contribution in [3.63, 3.8) is 0 Å². The molecule has 3 N–H and O–H groups in total. The van der Waals surface area contributed by atoms with Crippen molar-refractivity contribution >= 4 is 15.7 Å². The lowest BCUT2D eigenvalue weighted by Gasteiger charge is -2.21. The molecular formula is C13H21N3O3S. The highest BCUT2D eigenvalue weighted by Crippen LogP contribution is 2.19. The molecule has 0 radical (unpaired) electrons. The summed E-state index contributed by atoms with van der Waals surface area (Å²) in [5.74, 6) is 0. The Morgan fingerprint density at radius 2 is 1.90 bits per heavy atom. The number of nitrogen functional groups attached to an aromatic ring is 1. The average Bonchev–Trinajstić information content (AvgIpc) is 2.61. The van der Waals surface area contributed by atoms with E-state index in [1.807, 2.05) is 11.8 Å². The van der Waals surface area contributed by atoms with Crippen molar-refractivity contribution in [3.05, 3.63) is 24.3 Å². The van der Waals surface area contributed by atoms with Gasteiger partial charge in [0.2, 0.25) is 10.0 Å². The van der Waals surface area contributed by atoms with Crippen LogP contribution in [0.3, 0.4) is 0 Å². The number of hydrogen-bond donors (Lipinski definition) is 2. The Labute approximate surface area is 119 Å². The van der Waals surface area contributed by atoms with Gasteiger partial charge in [-0.15, -0.1) is 0 Å². The number of nitrogens with two attached hydrogens (primary N) is 1. The topological polar surface area (TPSA) is 86.9 Å². The Morgan fingerprint density at radius 1 is 1.25 bits per heavy atom. The number of aliphatic hydroxyl groups is 1. The molecule has 1 fully saturated rings. The molecule has 6 nitrogen and oxygen atoms in total. The molecule has 0 aliphatic carbocycles. The number of β-amino-alcohol motifs (C(OH)–C–C–N with tert-alkyl or cyclic N) is 1. The first kappa shape index (κ1) is 15.2. The molecule has 2 rings (SSSR count). The van der Waals surface area contributed by atoms with Gasteiger partial charge in [0.05, 0.1) is 11.0 Å². The Balaban J connectivity index is 2.22. The van der Waals surface area contributed by atoms with E-state index in [4.69, 9.17) is 5.73 Å². The molecule has 1 saturated heterocycles. The lowest BCUT2D eigenvalue weighted by atomic mass is 10.3. The van der Waals surface area contributed by atoms with Crippen LogP contribution in [0.15, 0.2) is 29.2 Å². The molecule has 1 aromatic carbocycles. The minimum atomic E-state index is -3.58. The first-order valence-electron chi connectivity index (χ1n) is 6.69. The fourth-order valence-electron chi connectivity index (χ4n) is 2.32. The van der Waals surface area contributed by atoms with Crippen LogP contribution in [-0.2, 0) is 10.0 Å². The summed E-state index contributed by atoms with van der Waals surface area (Å²) >= 11 is 0. The van der Waals surface area contributed by atoms with E-state index in [1.165, 1.54) is 16.4 Å². The highest BCUT2D eigenvalue weighted by molar-refractivity contribution is 7.89. The Kier molecular flexibility index (Phi) is 4.64. The van der Waals surface area contributed by atoms with Gasteiger partial charge in [-0.3, -0.25) is 4.90 Å². The number of hydrogen-bond acceptors (Lipinski definition) is 5. The molecule has 1 heterocycles. The first-order chi connectivity index (χ1) is 9.43. The van der Waals surface area contributed by atoms with Gasteiger partial charge in [-0.25, -0.2) is 8.42 Å². The van der Waals surface area contributed by atoms with E-state index in [-0.39, 0.29) is 11.4 Å². The average molecular weight is 299 g/mol. The first-order valence-corrected chi connectivity index (χ1v) is 8.13. The normalized spacial score (nSPS) is 22.6. The largest absolute Gasteiger partial charge is 0.399 e. The molecule has 0 spiro atoms. The van der Waals surface area contributed by atoms with Crippen LogP contribution in [0.5, 0.6) is 0 Å². The minimum Gasteiger partial charge on any atom is -0.399 e. The molecule has 1 aromatic rings. The predicted molar refractivity (Wildman–Crippen MR) is 77.7 cm³/mol. The Bertz CT molecular complexity index is 544. The van der Waals surface area contributed by atoms with Crippen LogP contribution in [0.2, 0.25) is 0 Å². The van der Waals surface area contributed by atoms with Crippen LogP contribution < -0.4 is 5.73 Å². The van der Waals surface area contributed by atoms with Gasteiger partial charge in [0.15, 0.2) is 0 Å². The summed E-state index contributed by atoms with van der Waals surface area (Å²) < 4.78 is 26.4. The van der Waals surface area contributed by atoms with Crippen LogP contribution in [0, 0.1) is 0 Å². The van der Waals surface area contributed by atoms with Crippen molar-refractivity contribution in [2.45, 2.75) is 17.9 Å². The second kappa shape index (κ2) is 6.09. The van der Waals surface area contributed by atoms with Crippen molar-refractivity contribution in [2.75, 3.05) is 38.5 Å². The second-order valence-electron chi connectivity index (χ2n) is 4.98. The van der Waals surface area contributed by atoms with E-state index in [9.17, 15) is 13.5 Å². The zero-order valence-electron chi connectivity index (χ0n) is 11.6. The Morgan fingerprint density at radius 3 is 2.50 bits per heavy atom. The molecule has 0 bridgehead atoms. The third-order valence-electron chi connectivity index (χ3n) is 3.51. The van der Waals surface area contributed by atoms with Crippen molar-refractivity contribution in [2.24, 2.45) is 0 Å². The van der Waals surface area contributed by atoms with Gasteiger partial charge in [-0.05, 0) is 30.8 Å². The highest BCUT2D eigenvalue weighted by atomic mass is 32.2. The number of sulfonamides is 1. The van der Waals surface area contributed by atoms with Crippen molar-refractivity contribution in [3.8, 4) is 0 Å². The van der Waals surface area contributed by atoms with Crippen LogP contribution in [-0.4, -0.2) is 61.6 Å². The van der Waals surface area contributed by atoms with E-state index >= 15 is 0 Å². The predicted octanol–water partition coefficient (Wildman–Crippen LogP) is -0.0441. The highest BCUT2D eigenvalue weighted by Gasteiger charge is 2.29. The molecule has 0 aromatic heterocycles. The molecule has 20 heavy (non-hydrogen) atoms. The van der Waals surface area contributed by atoms with E-state index in [0.29, 0.717) is 25.3 Å². The lowest BCUT2D eigenvalue weighted by Crippen LogP contribution is -2.37. The molecule has 0 amide bonds. The summed E-state index contributed by atoms with van der Waals surface area (Å²) in [5.41, 5.74) is 6.10. The molecule has 1 unspecified atom stereocenters. The summed E-state index contributed by atoms with van der Waals surface area (Å²) in [6, 6.07) is 6.14. The van der Waals surface area contributed by atoms with Gasteiger partial charge in [0.25, 0.3) is 0 Å². The summed E-state index contributed by atoms with van der Waals surface area (Å²) in [6.45, 7) is 4.44. The van der Waals surface area contributed by atoms with E-state index < -0.39 is 16.1 Å². The minimum absolute atomic E-state index is 0.128. The fraction of sp³-hybridized carbons (Fsp3) is 0.538. The third-order valence-corrected chi connectivity index (χ3v) is 5.39. The van der Waals surface area contributed by atoms with Gasteiger partial charge >= 0.3 is 0 Å². The van der Waals surface area contributed by atoms with Gasteiger partial charge in [0, 0.05) is 31.9 Å². The van der Waals surface area contributed by atoms with Gasteiger partial charge in [-0.1, -0.05) is 6.92 Å². The van der Waals surface area contributed by atoms with Crippen molar-refractivity contribution < 1.29 is 13.5 Å². The van der Waals surface area contributed by atoms with Gasteiger partial charge < -0.3 is 10.8 Å². The van der Waals surface area contributed by atoms with Gasteiger partial charge in [0.1, 0.15) is 0 Å². The number of rotatable bonds is 3. The quantitative estimate of drug-likeness (QED) is 0.765. The number of benzene rings is 1. The van der Waals surface area contributed by atoms with E-state index in [1.54, 1.807) is 12.1 Å². The molecule has 7 heteroatoms. The third kappa shape index (κ3) is 3.29. The number of aliphatic hydroxyl groups excluding tert-OH is 1. The standard InChI is InChI=1S/C13H21N3O3S/c1-2-15-7-8-16(10-12(17)9-15)20(18,19)13-5-3-11(14)4-6-13/h3-6,12,17H,2,7-10,14H2,1H3. The van der Waals surface area contributed by atoms with Crippen LogP contribution >= 0.6 is 0 Å². The number of likely N-dealkylation sites (N-methyl/N-ethyl adjacent to an activating group) is 1. The molecule has 1 aliphatic rings. The Hall–Kier alpha value is -1.15. The zero-order valence-corrected chi connectivity index (χ0v) is 12.4. The SMILES string of the molecule is CCN1CCN(S(=O)(=O)c2ccc(N)cc2)CC(O)C1. The molecule has 112 valence electrons.